The van der Waals surface area contributed by atoms with Crippen LogP contribution in [0.2, 0.25) is 18.1 Å². The molecule has 0 N–H and O–H groups in total. The van der Waals surface area contributed by atoms with E-state index >= 15 is 0 Å². The summed E-state index contributed by atoms with van der Waals surface area (Å²) in [5.41, 5.74) is 1.24. The maximum atomic E-state index is 6.56. The number of rotatable bonds is 4. The van der Waals surface area contributed by atoms with Gasteiger partial charge in [0.2, 0.25) is 0 Å². The molecule has 3 heteroatoms. The van der Waals surface area contributed by atoms with E-state index in [1.54, 1.807) is 0 Å². The second-order valence-corrected chi connectivity index (χ2v) is 12.9. The summed E-state index contributed by atoms with van der Waals surface area (Å²) in [4.78, 5) is 0. The van der Waals surface area contributed by atoms with Gasteiger partial charge in [-0.1, -0.05) is 51.1 Å². The lowest BCUT2D eigenvalue weighted by atomic mass is 10.1. The monoisotopic (exact) mass is 388 g/mol. The van der Waals surface area contributed by atoms with Gasteiger partial charge in [-0.25, -0.2) is 0 Å². The van der Waals surface area contributed by atoms with Crippen LogP contribution < -0.4 is 0 Å². The SMILES string of the molecule is CC(I)=CC(O[Si](C)(C)C(C)(C)C)c1ccccc1. The lowest BCUT2D eigenvalue weighted by Crippen LogP contribution is -2.41. The van der Waals surface area contributed by atoms with Gasteiger partial charge in [0.05, 0.1) is 6.10 Å². The molecule has 0 aromatic heterocycles. The lowest BCUT2D eigenvalue weighted by molar-refractivity contribution is 0.229. The van der Waals surface area contributed by atoms with Crippen molar-refractivity contribution in [2.45, 2.75) is 51.9 Å². The van der Waals surface area contributed by atoms with E-state index < -0.39 is 8.32 Å². The second kappa shape index (κ2) is 6.55. The molecular weight excluding hydrogens is 363 g/mol. The van der Waals surface area contributed by atoms with Crippen molar-refractivity contribution in [3.63, 3.8) is 0 Å². The molecule has 1 atom stereocenters. The molecule has 1 nitrogen and oxygen atoms in total. The van der Waals surface area contributed by atoms with Crippen LogP contribution in [-0.2, 0) is 4.43 Å². The van der Waals surface area contributed by atoms with Crippen LogP contribution in [0.3, 0.4) is 0 Å². The summed E-state index contributed by atoms with van der Waals surface area (Å²) in [7, 11) is -1.77. The zero-order valence-corrected chi connectivity index (χ0v) is 16.0. The largest absolute Gasteiger partial charge is 0.406 e. The van der Waals surface area contributed by atoms with Gasteiger partial charge in [0.15, 0.2) is 8.32 Å². The molecule has 0 aliphatic carbocycles. The van der Waals surface area contributed by atoms with E-state index in [4.69, 9.17) is 4.43 Å². The van der Waals surface area contributed by atoms with E-state index in [2.05, 4.69) is 93.7 Å². The van der Waals surface area contributed by atoms with Gasteiger partial charge >= 0.3 is 0 Å². The van der Waals surface area contributed by atoms with Crippen molar-refractivity contribution < 1.29 is 4.43 Å². The normalized spacial score (nSPS) is 15.4. The second-order valence-electron chi connectivity index (χ2n) is 6.46. The Hall–Kier alpha value is -0.133. The Morgan fingerprint density at radius 1 is 1.21 bits per heavy atom. The fraction of sp³-hybridized carbons (Fsp3) is 0.500. The minimum atomic E-state index is -1.77. The molecule has 106 valence electrons. The molecule has 1 aromatic rings. The number of allylic oxidation sites excluding steroid dienone is 1. The first-order valence-electron chi connectivity index (χ1n) is 6.70. The maximum absolute atomic E-state index is 6.56. The van der Waals surface area contributed by atoms with Gasteiger partial charge in [-0.15, -0.1) is 0 Å². The van der Waals surface area contributed by atoms with E-state index in [0.29, 0.717) is 0 Å². The van der Waals surface area contributed by atoms with Gasteiger partial charge in [-0.3, -0.25) is 0 Å². The molecule has 0 amide bonds. The van der Waals surface area contributed by atoms with Crippen LogP contribution >= 0.6 is 22.6 Å². The number of hydrogen-bond acceptors (Lipinski definition) is 1. The summed E-state index contributed by atoms with van der Waals surface area (Å²) in [6, 6.07) is 10.5. The summed E-state index contributed by atoms with van der Waals surface area (Å²) >= 11 is 2.35. The summed E-state index contributed by atoms with van der Waals surface area (Å²) in [6.07, 6.45) is 2.29. The molecule has 1 aromatic carbocycles. The van der Waals surface area contributed by atoms with Crippen molar-refractivity contribution in [2.75, 3.05) is 0 Å². The van der Waals surface area contributed by atoms with Crippen molar-refractivity contribution in [1.29, 1.82) is 0 Å². The lowest BCUT2D eigenvalue weighted by Gasteiger charge is -2.38. The first-order valence-corrected chi connectivity index (χ1v) is 10.7. The minimum absolute atomic E-state index is 0.0685. The van der Waals surface area contributed by atoms with Gasteiger partial charge in [0.1, 0.15) is 0 Å². The fourth-order valence-electron chi connectivity index (χ4n) is 1.54. The molecule has 0 saturated heterocycles. The smallest absolute Gasteiger partial charge is 0.193 e. The molecule has 0 fully saturated rings. The number of hydrogen-bond donors (Lipinski definition) is 0. The molecule has 1 unspecified atom stereocenters. The van der Waals surface area contributed by atoms with Gasteiger partial charge in [-0.2, -0.15) is 0 Å². The van der Waals surface area contributed by atoms with Gasteiger partial charge in [0.25, 0.3) is 0 Å². The number of halogens is 1. The van der Waals surface area contributed by atoms with Crippen LogP contribution in [0.5, 0.6) is 0 Å². The molecule has 0 spiro atoms. The zero-order valence-electron chi connectivity index (χ0n) is 12.8. The Morgan fingerprint density at radius 3 is 2.16 bits per heavy atom. The summed E-state index contributed by atoms with van der Waals surface area (Å²) in [6.45, 7) is 13.6. The van der Waals surface area contributed by atoms with Gasteiger partial charge in [0, 0.05) is 0 Å². The predicted octanol–water partition coefficient (Wildman–Crippen LogP) is 6.09. The van der Waals surface area contributed by atoms with Crippen LogP contribution in [0.1, 0.15) is 39.4 Å². The van der Waals surface area contributed by atoms with Crippen molar-refractivity contribution in [2.24, 2.45) is 0 Å². The summed E-state index contributed by atoms with van der Waals surface area (Å²) in [5.74, 6) is 0. The van der Waals surface area contributed by atoms with Crippen LogP contribution in [0.4, 0.5) is 0 Å². The molecular formula is C16H25IOSi. The summed E-state index contributed by atoms with van der Waals surface area (Å²) in [5, 5.41) is 0.229. The maximum Gasteiger partial charge on any atom is 0.193 e. The van der Waals surface area contributed by atoms with Crippen molar-refractivity contribution >= 4 is 30.9 Å². The molecule has 0 radical (unpaired) electrons. The third-order valence-electron chi connectivity index (χ3n) is 3.74. The number of benzene rings is 1. The van der Waals surface area contributed by atoms with E-state index in [1.807, 2.05) is 6.07 Å². The molecule has 0 bridgehead atoms. The van der Waals surface area contributed by atoms with Crippen molar-refractivity contribution in [1.82, 2.24) is 0 Å². The predicted molar refractivity (Wildman–Crippen MR) is 95.2 cm³/mol. The molecule has 19 heavy (non-hydrogen) atoms. The summed E-state index contributed by atoms with van der Waals surface area (Å²) < 4.78 is 7.83. The van der Waals surface area contributed by atoms with Gasteiger partial charge in [-0.05, 0) is 62.9 Å². The van der Waals surface area contributed by atoms with Crippen molar-refractivity contribution in [3.8, 4) is 0 Å². The van der Waals surface area contributed by atoms with Crippen LogP contribution in [0.15, 0.2) is 40.0 Å². The standard InChI is InChI=1S/C16H25IOSi/c1-13(17)12-15(14-10-8-7-9-11-14)18-19(5,6)16(2,3)4/h7-12,15H,1-6H3. The van der Waals surface area contributed by atoms with E-state index in [9.17, 15) is 0 Å². The van der Waals surface area contributed by atoms with Crippen LogP contribution in [0, 0.1) is 0 Å². The van der Waals surface area contributed by atoms with Crippen LogP contribution in [0.25, 0.3) is 0 Å². The Kier molecular flexibility index (Phi) is 5.83. The van der Waals surface area contributed by atoms with Crippen LogP contribution in [-0.4, -0.2) is 8.32 Å². The fourth-order valence-corrected chi connectivity index (χ4v) is 3.06. The third kappa shape index (κ3) is 5.04. The highest BCUT2D eigenvalue weighted by Gasteiger charge is 2.39. The highest BCUT2D eigenvalue weighted by molar-refractivity contribution is 14.1. The Labute approximate surface area is 132 Å². The Bertz CT molecular complexity index is 428. The molecule has 1 rings (SSSR count). The van der Waals surface area contributed by atoms with E-state index in [1.165, 1.54) is 9.14 Å². The quantitative estimate of drug-likeness (QED) is 0.448. The third-order valence-corrected chi connectivity index (χ3v) is 8.55. The van der Waals surface area contributed by atoms with E-state index in [-0.39, 0.29) is 11.1 Å². The minimum Gasteiger partial charge on any atom is -0.406 e. The molecule has 0 aliphatic heterocycles. The first kappa shape index (κ1) is 16.9. The molecule has 0 aliphatic rings. The zero-order chi connectivity index (χ0) is 14.7. The van der Waals surface area contributed by atoms with E-state index in [0.717, 1.165) is 0 Å². The Morgan fingerprint density at radius 2 is 1.74 bits per heavy atom. The Balaban J connectivity index is 3.05. The topological polar surface area (TPSA) is 9.23 Å². The highest BCUT2D eigenvalue weighted by Crippen LogP contribution is 2.40. The first-order chi connectivity index (χ1) is 8.63. The molecule has 0 saturated carbocycles. The average Bonchev–Trinajstić information content (AvgIpc) is 2.27. The highest BCUT2D eigenvalue weighted by atomic mass is 127. The van der Waals surface area contributed by atoms with Gasteiger partial charge < -0.3 is 4.43 Å². The average molecular weight is 388 g/mol. The van der Waals surface area contributed by atoms with Crippen molar-refractivity contribution in [3.05, 3.63) is 45.6 Å². The molecule has 0 heterocycles.